The van der Waals surface area contributed by atoms with Crippen molar-refractivity contribution >= 4 is 22.9 Å². The molecule has 1 amide bonds. The highest BCUT2D eigenvalue weighted by molar-refractivity contribution is 7.14. The second-order valence-corrected chi connectivity index (χ2v) is 6.75. The van der Waals surface area contributed by atoms with Gasteiger partial charge in [-0.05, 0) is 26.8 Å². The van der Waals surface area contributed by atoms with Crippen LogP contribution in [0.5, 0.6) is 0 Å². The molecule has 1 aromatic heterocycles. The van der Waals surface area contributed by atoms with Gasteiger partial charge in [-0.15, -0.1) is 11.3 Å². The van der Waals surface area contributed by atoms with Crippen LogP contribution in [0.25, 0.3) is 0 Å². The number of amides is 1. The normalized spacial score (nSPS) is 22.5. The molecule has 0 spiro atoms. The third-order valence-corrected chi connectivity index (χ3v) is 4.19. The lowest BCUT2D eigenvalue weighted by Crippen LogP contribution is -2.55. The van der Waals surface area contributed by atoms with Crippen molar-refractivity contribution < 1.29 is 14.6 Å². The number of nitrogens with two attached hydrogens (primary N) is 1. The average molecular weight is 284 g/mol. The van der Waals surface area contributed by atoms with Crippen LogP contribution in [-0.2, 0) is 4.74 Å². The number of morpholine rings is 1. The molecule has 106 valence electrons. The van der Waals surface area contributed by atoms with Gasteiger partial charge in [0.15, 0.2) is 0 Å². The fourth-order valence-corrected chi connectivity index (χ4v) is 3.21. The highest BCUT2D eigenvalue weighted by atomic mass is 32.1. The largest absolute Gasteiger partial charge is 0.398 e. The first-order valence-corrected chi connectivity index (χ1v) is 7.08. The third-order valence-electron chi connectivity index (χ3n) is 3.14. The second kappa shape index (κ2) is 5.11. The summed E-state index contributed by atoms with van der Waals surface area (Å²) in [5.41, 5.74) is 6.00. The molecule has 1 fully saturated rings. The van der Waals surface area contributed by atoms with E-state index < -0.39 is 5.60 Å². The summed E-state index contributed by atoms with van der Waals surface area (Å²) in [6.07, 6.45) is -0.328. The molecule has 6 heteroatoms. The molecule has 19 heavy (non-hydrogen) atoms. The van der Waals surface area contributed by atoms with E-state index in [4.69, 9.17) is 10.5 Å². The van der Waals surface area contributed by atoms with Crippen molar-refractivity contribution in [2.24, 2.45) is 0 Å². The van der Waals surface area contributed by atoms with Crippen molar-refractivity contribution in [3.63, 3.8) is 0 Å². The molecule has 1 saturated heterocycles. The van der Waals surface area contributed by atoms with Crippen molar-refractivity contribution in [2.45, 2.75) is 32.5 Å². The molecule has 3 N–H and O–H groups in total. The molecule has 1 aliphatic rings. The molecule has 2 heterocycles. The number of aliphatic hydroxyl groups is 1. The fourth-order valence-electron chi connectivity index (χ4n) is 2.30. The second-order valence-electron chi connectivity index (χ2n) is 5.49. The van der Waals surface area contributed by atoms with E-state index in [9.17, 15) is 9.90 Å². The Labute approximate surface area is 117 Å². The first-order chi connectivity index (χ1) is 8.82. The van der Waals surface area contributed by atoms with E-state index in [0.717, 1.165) is 4.88 Å². The van der Waals surface area contributed by atoms with Crippen LogP contribution in [0.2, 0.25) is 0 Å². The Kier molecular flexibility index (Phi) is 3.85. The van der Waals surface area contributed by atoms with Gasteiger partial charge in [0.25, 0.3) is 5.91 Å². The summed E-state index contributed by atoms with van der Waals surface area (Å²) in [6, 6.07) is 1.72. The highest BCUT2D eigenvalue weighted by Crippen LogP contribution is 2.27. The van der Waals surface area contributed by atoms with E-state index in [1.54, 1.807) is 11.0 Å². The maximum Gasteiger partial charge on any atom is 0.264 e. The molecule has 1 aromatic rings. The summed E-state index contributed by atoms with van der Waals surface area (Å²) in [7, 11) is 0. The number of thiophene rings is 1. The average Bonchev–Trinajstić information content (AvgIpc) is 2.66. The first kappa shape index (κ1) is 14.3. The molecule has 0 bridgehead atoms. The minimum atomic E-state index is -0.445. The molecule has 0 aromatic carbocycles. The number of anilines is 1. The Morgan fingerprint density at radius 3 is 2.89 bits per heavy atom. The monoisotopic (exact) mass is 284 g/mol. The van der Waals surface area contributed by atoms with E-state index in [-0.39, 0.29) is 18.6 Å². The molecular formula is C13H20N2O3S. The molecule has 5 nitrogen and oxygen atoms in total. The highest BCUT2D eigenvalue weighted by Gasteiger charge is 2.36. The molecular weight excluding hydrogens is 264 g/mol. The summed E-state index contributed by atoms with van der Waals surface area (Å²) >= 11 is 1.41. The van der Waals surface area contributed by atoms with Crippen LogP contribution in [0.1, 0.15) is 28.4 Å². The zero-order valence-corrected chi connectivity index (χ0v) is 12.3. The first-order valence-electron chi connectivity index (χ1n) is 6.26. The van der Waals surface area contributed by atoms with Crippen molar-refractivity contribution in [2.75, 3.05) is 25.4 Å². The van der Waals surface area contributed by atoms with E-state index in [0.29, 0.717) is 23.7 Å². The smallest absolute Gasteiger partial charge is 0.264 e. The van der Waals surface area contributed by atoms with E-state index in [2.05, 4.69) is 0 Å². The van der Waals surface area contributed by atoms with Crippen molar-refractivity contribution in [3.8, 4) is 0 Å². The van der Waals surface area contributed by atoms with Gasteiger partial charge in [0, 0.05) is 23.7 Å². The number of ether oxygens (including phenoxy) is 1. The van der Waals surface area contributed by atoms with E-state index in [1.165, 1.54) is 11.3 Å². The van der Waals surface area contributed by atoms with Gasteiger partial charge in [0.1, 0.15) is 0 Å². The van der Waals surface area contributed by atoms with Gasteiger partial charge < -0.3 is 20.5 Å². The number of hydrogen-bond donors (Lipinski definition) is 2. The number of carbonyl (C=O) groups excluding carboxylic acids is 1. The molecule has 0 saturated carbocycles. The Balaban J connectivity index is 2.18. The number of rotatable bonds is 2. The Bertz CT molecular complexity index is 465. The van der Waals surface area contributed by atoms with Crippen LogP contribution in [0.3, 0.4) is 0 Å². The Morgan fingerprint density at radius 1 is 1.68 bits per heavy atom. The van der Waals surface area contributed by atoms with Crippen molar-refractivity contribution in [3.05, 3.63) is 15.8 Å². The molecule has 1 atom stereocenters. The van der Waals surface area contributed by atoms with Crippen LogP contribution in [0.4, 0.5) is 5.69 Å². The lowest BCUT2D eigenvalue weighted by atomic mass is 10.1. The lowest BCUT2D eigenvalue weighted by molar-refractivity contribution is -0.139. The minimum absolute atomic E-state index is 0.0420. The van der Waals surface area contributed by atoms with Crippen molar-refractivity contribution in [1.29, 1.82) is 0 Å². The molecule has 0 radical (unpaired) electrons. The predicted octanol–water partition coefficient (Wildman–Crippen LogP) is 1.25. The maximum atomic E-state index is 12.5. The number of aryl methyl sites for hydroxylation is 1. The number of aliphatic hydroxyl groups excluding tert-OH is 1. The Morgan fingerprint density at radius 2 is 2.37 bits per heavy atom. The van der Waals surface area contributed by atoms with Gasteiger partial charge in [-0.25, -0.2) is 0 Å². The fraction of sp³-hybridized carbons (Fsp3) is 0.615. The summed E-state index contributed by atoms with van der Waals surface area (Å²) < 4.78 is 5.70. The lowest BCUT2D eigenvalue weighted by Gasteiger charge is -2.42. The molecule has 1 unspecified atom stereocenters. The SMILES string of the molecule is Cc1sc(C(=O)N2CC(CO)OC(C)(C)C2)cc1N. The third kappa shape index (κ3) is 3.08. The van der Waals surface area contributed by atoms with Gasteiger partial charge >= 0.3 is 0 Å². The van der Waals surface area contributed by atoms with Gasteiger partial charge in [0.2, 0.25) is 0 Å². The van der Waals surface area contributed by atoms with E-state index in [1.807, 2.05) is 20.8 Å². The Hall–Kier alpha value is -1.11. The number of carbonyl (C=O) groups is 1. The van der Waals surface area contributed by atoms with Crippen LogP contribution in [0, 0.1) is 6.92 Å². The van der Waals surface area contributed by atoms with Crippen molar-refractivity contribution in [1.82, 2.24) is 4.90 Å². The maximum absolute atomic E-state index is 12.5. The molecule has 2 rings (SSSR count). The van der Waals surface area contributed by atoms with Gasteiger partial charge in [-0.3, -0.25) is 4.79 Å². The standard InChI is InChI=1S/C13H20N2O3S/c1-8-10(14)4-11(19-8)12(17)15-5-9(6-16)18-13(2,3)7-15/h4,9,16H,5-7,14H2,1-3H3. The van der Waals surface area contributed by atoms with Gasteiger partial charge in [0.05, 0.1) is 23.2 Å². The zero-order chi connectivity index (χ0) is 14.2. The van der Waals surface area contributed by atoms with Crippen LogP contribution < -0.4 is 5.73 Å². The quantitative estimate of drug-likeness (QED) is 0.857. The minimum Gasteiger partial charge on any atom is -0.398 e. The topological polar surface area (TPSA) is 75.8 Å². The van der Waals surface area contributed by atoms with Crippen LogP contribution >= 0.6 is 11.3 Å². The number of nitrogen functional groups attached to an aromatic ring is 1. The van der Waals surface area contributed by atoms with Crippen LogP contribution in [0.15, 0.2) is 6.07 Å². The molecule has 1 aliphatic heterocycles. The summed E-state index contributed by atoms with van der Waals surface area (Å²) in [5.74, 6) is -0.0420. The van der Waals surface area contributed by atoms with Gasteiger partial charge in [-0.2, -0.15) is 0 Å². The van der Waals surface area contributed by atoms with Crippen LogP contribution in [-0.4, -0.2) is 47.3 Å². The number of hydrogen-bond acceptors (Lipinski definition) is 5. The molecule has 0 aliphatic carbocycles. The zero-order valence-electron chi connectivity index (χ0n) is 11.5. The summed E-state index contributed by atoms with van der Waals surface area (Å²) in [5, 5.41) is 9.26. The summed E-state index contributed by atoms with van der Waals surface area (Å²) in [4.78, 5) is 15.8. The summed E-state index contributed by atoms with van der Waals surface area (Å²) in [6.45, 7) is 6.58. The number of nitrogens with zero attached hydrogens (tertiary/aromatic N) is 1. The van der Waals surface area contributed by atoms with E-state index >= 15 is 0 Å². The predicted molar refractivity (Wildman–Crippen MR) is 75.4 cm³/mol. The van der Waals surface area contributed by atoms with Gasteiger partial charge in [-0.1, -0.05) is 0 Å².